The molecule has 1 fully saturated rings. The highest BCUT2D eigenvalue weighted by Crippen LogP contribution is 2.32. The van der Waals surface area contributed by atoms with Gasteiger partial charge in [-0.3, -0.25) is 10.1 Å². The molecule has 0 unspecified atom stereocenters. The summed E-state index contributed by atoms with van der Waals surface area (Å²) in [5.74, 6) is 5.78. The molecule has 5 rings (SSSR count). The number of nitrogens with zero attached hydrogens (tertiary/aromatic N) is 2. The lowest BCUT2D eigenvalue weighted by molar-refractivity contribution is -0.122. The van der Waals surface area contributed by atoms with E-state index in [0.717, 1.165) is 15.6 Å². The molecule has 9 heteroatoms. The van der Waals surface area contributed by atoms with Crippen LogP contribution in [0.3, 0.4) is 0 Å². The molecule has 4 aromatic rings. The van der Waals surface area contributed by atoms with Crippen LogP contribution in [0.5, 0.6) is 11.6 Å². The topological polar surface area (TPSA) is 105 Å². The summed E-state index contributed by atoms with van der Waals surface area (Å²) in [4.78, 5) is 29.1. The number of methoxy groups -OCH3 is 1. The number of rotatable bonds is 3. The van der Waals surface area contributed by atoms with Crippen molar-refractivity contribution in [3.63, 3.8) is 0 Å². The second-order valence-corrected chi connectivity index (χ2v) is 8.11. The zero-order chi connectivity index (χ0) is 21.6. The molecule has 2 aromatic carbocycles. The van der Waals surface area contributed by atoms with Crippen LogP contribution in [0.15, 0.2) is 48.7 Å². The quantitative estimate of drug-likeness (QED) is 0.341. The van der Waals surface area contributed by atoms with Crippen molar-refractivity contribution in [2.75, 3.05) is 7.11 Å². The van der Waals surface area contributed by atoms with Gasteiger partial charge in [-0.15, -0.1) is 11.3 Å². The van der Waals surface area contributed by atoms with Gasteiger partial charge in [-0.2, -0.15) is 0 Å². The van der Waals surface area contributed by atoms with Crippen molar-refractivity contribution in [1.82, 2.24) is 20.2 Å². The number of urea groups is 1. The van der Waals surface area contributed by atoms with E-state index in [0.29, 0.717) is 16.1 Å². The minimum atomic E-state index is -1.55. The maximum absolute atomic E-state index is 12.7. The predicted octanol–water partition coefficient (Wildman–Crippen LogP) is 2.60. The maximum Gasteiger partial charge on any atom is 0.323 e. The molecule has 2 aromatic heterocycles. The van der Waals surface area contributed by atoms with Gasteiger partial charge in [-0.1, -0.05) is 18.1 Å². The van der Waals surface area contributed by atoms with Crippen LogP contribution in [0, 0.1) is 11.8 Å². The molecule has 31 heavy (non-hydrogen) atoms. The van der Waals surface area contributed by atoms with Crippen molar-refractivity contribution in [3.8, 4) is 23.5 Å². The minimum absolute atomic E-state index is 0.0518. The molecule has 8 nitrogen and oxygen atoms in total. The van der Waals surface area contributed by atoms with E-state index in [-0.39, 0.29) is 12.4 Å². The highest BCUT2D eigenvalue weighted by molar-refractivity contribution is 7.19. The largest absolute Gasteiger partial charge is 0.497 e. The lowest BCUT2D eigenvalue weighted by Gasteiger charge is -2.20. The normalized spacial score (nSPS) is 18.0. The van der Waals surface area contributed by atoms with Crippen molar-refractivity contribution in [1.29, 1.82) is 0 Å². The molecule has 1 saturated heterocycles. The Morgan fingerprint density at radius 1 is 1.26 bits per heavy atom. The summed E-state index contributed by atoms with van der Waals surface area (Å²) in [6, 6.07) is 12.3. The first kappa shape index (κ1) is 19.0. The SMILES string of the molecule is COc1ccc2cn(C[C@@]3(C#Cc4nc5ccccc5s4)NC(=O)NC3=O)c(O)c2c1. The van der Waals surface area contributed by atoms with Crippen molar-refractivity contribution in [3.05, 3.63) is 53.7 Å². The van der Waals surface area contributed by atoms with Gasteiger partial charge in [-0.25, -0.2) is 9.78 Å². The molecule has 0 saturated carbocycles. The molecule has 0 radical (unpaired) electrons. The van der Waals surface area contributed by atoms with Crippen LogP contribution in [-0.4, -0.2) is 39.2 Å². The Kier molecular flexibility index (Phi) is 4.30. The van der Waals surface area contributed by atoms with E-state index in [1.54, 1.807) is 31.5 Å². The molecule has 3 amide bonds. The molecular weight excluding hydrogens is 416 g/mol. The number of benzene rings is 2. The number of carbonyl (C=O) groups is 2. The highest BCUT2D eigenvalue weighted by atomic mass is 32.1. The van der Waals surface area contributed by atoms with Gasteiger partial charge in [0.2, 0.25) is 5.54 Å². The Bertz CT molecular complexity index is 1390. The fourth-order valence-electron chi connectivity index (χ4n) is 3.54. The first-order valence-electron chi connectivity index (χ1n) is 9.36. The zero-order valence-corrected chi connectivity index (χ0v) is 17.1. The average molecular weight is 432 g/mol. The van der Waals surface area contributed by atoms with Crippen LogP contribution in [0.25, 0.3) is 21.0 Å². The van der Waals surface area contributed by atoms with E-state index >= 15 is 0 Å². The summed E-state index contributed by atoms with van der Waals surface area (Å²) in [6.07, 6.45) is 1.70. The van der Waals surface area contributed by atoms with Gasteiger partial charge in [0.1, 0.15) is 5.75 Å². The smallest absolute Gasteiger partial charge is 0.323 e. The Labute approximate surface area is 180 Å². The third-order valence-corrected chi connectivity index (χ3v) is 6.05. The summed E-state index contributed by atoms with van der Waals surface area (Å²) in [7, 11) is 1.54. The molecule has 0 bridgehead atoms. The number of aromatic hydroxyl groups is 1. The molecule has 1 atom stereocenters. The summed E-state index contributed by atoms with van der Waals surface area (Å²) in [5.41, 5.74) is -0.736. The van der Waals surface area contributed by atoms with Gasteiger partial charge in [0.05, 0.1) is 23.9 Å². The average Bonchev–Trinajstić information content (AvgIpc) is 3.40. The highest BCUT2D eigenvalue weighted by Gasteiger charge is 2.46. The fraction of sp³-hybridized carbons (Fsp3) is 0.136. The lowest BCUT2D eigenvalue weighted by Crippen LogP contribution is -2.49. The second kappa shape index (κ2) is 7.04. The Morgan fingerprint density at radius 2 is 2.10 bits per heavy atom. The van der Waals surface area contributed by atoms with Gasteiger partial charge >= 0.3 is 6.03 Å². The first-order chi connectivity index (χ1) is 15.0. The zero-order valence-electron chi connectivity index (χ0n) is 16.3. The monoisotopic (exact) mass is 432 g/mol. The summed E-state index contributed by atoms with van der Waals surface area (Å²) in [5, 5.41) is 17.4. The Balaban J connectivity index is 1.56. The molecule has 3 heterocycles. The van der Waals surface area contributed by atoms with Crippen LogP contribution in [0.4, 0.5) is 4.79 Å². The first-order valence-corrected chi connectivity index (χ1v) is 10.2. The lowest BCUT2D eigenvalue weighted by atomic mass is 10.0. The van der Waals surface area contributed by atoms with Gasteiger partial charge < -0.3 is 19.7 Å². The third-order valence-electron chi connectivity index (χ3n) is 5.09. The van der Waals surface area contributed by atoms with E-state index in [1.807, 2.05) is 24.3 Å². The van der Waals surface area contributed by atoms with Crippen molar-refractivity contribution >= 4 is 44.3 Å². The van der Waals surface area contributed by atoms with E-state index in [2.05, 4.69) is 27.5 Å². The number of hydrogen-bond donors (Lipinski definition) is 3. The molecule has 0 aliphatic carbocycles. The third kappa shape index (κ3) is 3.23. The molecule has 0 spiro atoms. The second-order valence-electron chi connectivity index (χ2n) is 7.08. The van der Waals surface area contributed by atoms with E-state index in [9.17, 15) is 14.7 Å². The van der Waals surface area contributed by atoms with Crippen LogP contribution < -0.4 is 15.4 Å². The van der Waals surface area contributed by atoms with Crippen LogP contribution >= 0.6 is 11.3 Å². The van der Waals surface area contributed by atoms with Gasteiger partial charge in [0.15, 0.2) is 10.9 Å². The molecular formula is C22H16N4O4S. The molecule has 1 aliphatic heterocycles. The number of para-hydroxylation sites is 1. The van der Waals surface area contributed by atoms with E-state index < -0.39 is 17.5 Å². The summed E-state index contributed by atoms with van der Waals surface area (Å²) >= 11 is 1.40. The summed E-state index contributed by atoms with van der Waals surface area (Å²) in [6.45, 7) is -0.0781. The van der Waals surface area contributed by atoms with Crippen molar-refractivity contribution in [2.24, 2.45) is 0 Å². The molecule has 3 N–H and O–H groups in total. The Morgan fingerprint density at radius 3 is 2.84 bits per heavy atom. The Hall–Kier alpha value is -4.03. The number of nitrogens with one attached hydrogen (secondary N) is 2. The van der Waals surface area contributed by atoms with Crippen molar-refractivity contribution in [2.45, 2.75) is 12.1 Å². The standard InChI is InChI=1S/C22H16N4O4S/c1-30-14-7-6-13-11-26(19(27)15(13)10-14)12-22(20(28)24-21(29)25-22)9-8-18-23-16-4-2-3-5-17(16)31-18/h2-7,10-11,27H,12H2,1H3,(H2,24,25,28,29)/t22-/m1/s1. The number of hydrogen-bond acceptors (Lipinski definition) is 6. The minimum Gasteiger partial charge on any atom is -0.497 e. The van der Waals surface area contributed by atoms with Gasteiger partial charge in [0.25, 0.3) is 5.91 Å². The maximum atomic E-state index is 12.7. The number of fused-ring (bicyclic) bond motifs is 2. The van der Waals surface area contributed by atoms with E-state index in [1.165, 1.54) is 15.9 Å². The fourth-order valence-corrected chi connectivity index (χ4v) is 4.36. The number of aromatic nitrogens is 2. The van der Waals surface area contributed by atoms with Crippen LogP contribution in [0.1, 0.15) is 5.01 Å². The van der Waals surface area contributed by atoms with Gasteiger partial charge in [0, 0.05) is 17.0 Å². The summed E-state index contributed by atoms with van der Waals surface area (Å²) < 4.78 is 7.68. The van der Waals surface area contributed by atoms with Gasteiger partial charge in [-0.05, 0) is 36.3 Å². The van der Waals surface area contributed by atoms with Crippen LogP contribution in [-0.2, 0) is 11.3 Å². The number of ether oxygens (including phenoxy) is 1. The molecule has 154 valence electrons. The van der Waals surface area contributed by atoms with Crippen LogP contribution in [0.2, 0.25) is 0 Å². The number of carbonyl (C=O) groups excluding carboxylic acids is 2. The predicted molar refractivity (Wildman–Crippen MR) is 116 cm³/mol. The van der Waals surface area contributed by atoms with Crippen molar-refractivity contribution < 1.29 is 19.4 Å². The molecule has 1 aliphatic rings. The number of thiazole rings is 1. The van der Waals surface area contributed by atoms with E-state index in [4.69, 9.17) is 4.74 Å². The number of imide groups is 1. The number of amides is 3.